The van der Waals surface area contributed by atoms with Gasteiger partial charge in [-0.2, -0.15) is 4.39 Å². The molecule has 42 heavy (non-hydrogen) atoms. The van der Waals surface area contributed by atoms with Gasteiger partial charge in [0.1, 0.15) is 18.0 Å². The SMILES string of the molecule is CC1CN(C)CCN1c1cc(NC(=O)Cn2cc(-c3cc(C(N)=O)c(O)c(F)c3F)c3c(=O)n(C)cnc32)c(Cl)cn1. The van der Waals surface area contributed by atoms with Crippen LogP contribution in [0.15, 0.2) is 35.6 Å². The molecule has 15 heteroatoms. The second kappa shape index (κ2) is 11.0. The molecule has 4 N–H and O–H groups in total. The normalized spacial score (nSPS) is 15.8. The number of aromatic hydroxyl groups is 1. The molecular weight excluding hydrogens is 574 g/mol. The van der Waals surface area contributed by atoms with Crippen LogP contribution in [0.5, 0.6) is 5.75 Å². The number of hydrogen-bond donors (Lipinski definition) is 3. The number of anilines is 2. The fourth-order valence-electron chi connectivity index (χ4n) is 5.10. The Morgan fingerprint density at radius 1 is 1.17 bits per heavy atom. The Balaban J connectivity index is 1.52. The zero-order valence-corrected chi connectivity index (χ0v) is 23.6. The predicted octanol–water partition coefficient (Wildman–Crippen LogP) is 2.31. The minimum absolute atomic E-state index is 0.00420. The Hall–Kier alpha value is -4.56. The maximum atomic E-state index is 15.1. The van der Waals surface area contributed by atoms with E-state index in [1.165, 1.54) is 30.3 Å². The lowest BCUT2D eigenvalue weighted by atomic mass is 10.0. The third-order valence-electron chi connectivity index (χ3n) is 7.23. The Morgan fingerprint density at radius 3 is 2.60 bits per heavy atom. The fraction of sp³-hybridized carbons (Fsp3) is 0.296. The number of piperazine rings is 1. The molecule has 1 aliphatic heterocycles. The van der Waals surface area contributed by atoms with Crippen molar-refractivity contribution in [3.05, 3.63) is 63.4 Å². The lowest BCUT2D eigenvalue weighted by Crippen LogP contribution is -2.50. The number of nitrogens with one attached hydrogen (secondary N) is 1. The van der Waals surface area contributed by atoms with Gasteiger partial charge in [-0.1, -0.05) is 11.6 Å². The molecule has 2 amide bonds. The Labute approximate surface area is 242 Å². The van der Waals surface area contributed by atoms with Gasteiger partial charge in [-0.3, -0.25) is 14.4 Å². The zero-order valence-electron chi connectivity index (χ0n) is 22.9. The summed E-state index contributed by atoms with van der Waals surface area (Å²) < 4.78 is 32.0. The number of likely N-dealkylation sites (N-methyl/N-ethyl adjacent to an activating group) is 1. The van der Waals surface area contributed by atoms with E-state index in [2.05, 4.69) is 32.0 Å². The summed E-state index contributed by atoms with van der Waals surface area (Å²) in [7, 11) is 3.45. The summed E-state index contributed by atoms with van der Waals surface area (Å²) in [4.78, 5) is 51.1. The van der Waals surface area contributed by atoms with E-state index in [4.69, 9.17) is 17.3 Å². The van der Waals surface area contributed by atoms with Crippen LogP contribution in [-0.2, 0) is 18.4 Å². The highest BCUT2D eigenvalue weighted by Crippen LogP contribution is 2.36. The maximum absolute atomic E-state index is 15.1. The van der Waals surface area contributed by atoms with Crippen LogP contribution >= 0.6 is 11.6 Å². The second-order valence-electron chi connectivity index (χ2n) is 10.2. The number of rotatable bonds is 6. The standard InChI is InChI=1S/C27H27ClF2N8O4/c1-13-9-35(2)4-5-38(13)19-7-18(17(28)8-32-19)34-20(39)11-37-10-16(21-26(37)33-12-36(3)27(21)42)14-6-15(25(31)41)24(40)23(30)22(14)29/h6-8,10,12-13,40H,4-5,9,11H2,1-3H3,(H2,31,41)(H,32,34,39). The summed E-state index contributed by atoms with van der Waals surface area (Å²) in [5.74, 6) is -5.59. The molecule has 0 radical (unpaired) electrons. The van der Waals surface area contributed by atoms with Crippen molar-refractivity contribution in [3.63, 3.8) is 0 Å². The highest BCUT2D eigenvalue weighted by molar-refractivity contribution is 6.33. The van der Waals surface area contributed by atoms with Gasteiger partial charge in [-0.05, 0) is 20.0 Å². The van der Waals surface area contributed by atoms with Crippen molar-refractivity contribution in [1.82, 2.24) is 24.0 Å². The summed E-state index contributed by atoms with van der Waals surface area (Å²) in [5, 5.41) is 12.7. The van der Waals surface area contributed by atoms with Crippen LogP contribution in [0.25, 0.3) is 22.2 Å². The van der Waals surface area contributed by atoms with Crippen LogP contribution < -0.4 is 21.5 Å². The first kappa shape index (κ1) is 29.0. The lowest BCUT2D eigenvalue weighted by Gasteiger charge is -2.39. The number of carbonyl (C=O) groups is 2. The number of pyridine rings is 1. The molecule has 1 aromatic carbocycles. The van der Waals surface area contributed by atoms with Crippen molar-refractivity contribution in [1.29, 1.82) is 0 Å². The van der Waals surface area contributed by atoms with Gasteiger partial charge in [-0.15, -0.1) is 0 Å². The summed E-state index contributed by atoms with van der Waals surface area (Å²) in [6.45, 7) is 4.11. The number of aromatic nitrogens is 4. The van der Waals surface area contributed by atoms with Crippen LogP contribution in [0.3, 0.4) is 0 Å². The van der Waals surface area contributed by atoms with Crippen LogP contribution in [-0.4, -0.2) is 73.6 Å². The summed E-state index contributed by atoms with van der Waals surface area (Å²) >= 11 is 6.34. The predicted molar refractivity (Wildman–Crippen MR) is 153 cm³/mol. The molecular formula is C27H27ClF2N8O4. The first-order chi connectivity index (χ1) is 19.9. The summed E-state index contributed by atoms with van der Waals surface area (Å²) in [6.07, 6.45) is 3.91. The molecule has 0 saturated carbocycles. The Morgan fingerprint density at radius 2 is 1.90 bits per heavy atom. The van der Waals surface area contributed by atoms with Gasteiger partial charge >= 0.3 is 0 Å². The van der Waals surface area contributed by atoms with Crippen LogP contribution in [0.2, 0.25) is 5.02 Å². The monoisotopic (exact) mass is 600 g/mol. The number of benzene rings is 1. The minimum atomic E-state index is -1.71. The van der Waals surface area contributed by atoms with Crippen molar-refractivity contribution >= 4 is 46.0 Å². The van der Waals surface area contributed by atoms with Gasteiger partial charge < -0.3 is 35.1 Å². The van der Waals surface area contributed by atoms with E-state index in [9.17, 15) is 23.9 Å². The highest BCUT2D eigenvalue weighted by Gasteiger charge is 2.27. The molecule has 12 nitrogen and oxygen atoms in total. The lowest BCUT2D eigenvalue weighted by molar-refractivity contribution is -0.116. The average Bonchev–Trinajstić information content (AvgIpc) is 3.29. The van der Waals surface area contributed by atoms with E-state index in [1.807, 2.05) is 7.05 Å². The number of hydrogen-bond acceptors (Lipinski definition) is 8. The molecule has 0 bridgehead atoms. The van der Waals surface area contributed by atoms with Crippen molar-refractivity contribution < 1.29 is 23.5 Å². The van der Waals surface area contributed by atoms with E-state index in [0.717, 1.165) is 30.3 Å². The van der Waals surface area contributed by atoms with E-state index in [0.29, 0.717) is 11.5 Å². The fourth-order valence-corrected chi connectivity index (χ4v) is 5.25. The van der Waals surface area contributed by atoms with E-state index < -0.39 is 45.9 Å². The minimum Gasteiger partial charge on any atom is -0.504 e. The van der Waals surface area contributed by atoms with Crippen LogP contribution in [0.1, 0.15) is 17.3 Å². The number of amides is 2. The smallest absolute Gasteiger partial charge is 0.263 e. The molecule has 1 saturated heterocycles. The largest absolute Gasteiger partial charge is 0.504 e. The third kappa shape index (κ3) is 5.14. The molecule has 1 fully saturated rings. The van der Waals surface area contributed by atoms with Crippen LogP contribution in [0.4, 0.5) is 20.3 Å². The Kier molecular flexibility index (Phi) is 7.60. The molecule has 4 heterocycles. The zero-order chi connectivity index (χ0) is 30.5. The highest BCUT2D eigenvalue weighted by atomic mass is 35.5. The number of aryl methyl sites for hydroxylation is 1. The molecule has 4 aromatic rings. The molecule has 1 atom stereocenters. The van der Waals surface area contributed by atoms with Gasteiger partial charge in [-0.25, -0.2) is 14.4 Å². The summed E-state index contributed by atoms with van der Waals surface area (Å²) in [5.41, 5.74) is 3.58. The number of nitrogens with zero attached hydrogens (tertiary/aromatic N) is 6. The second-order valence-corrected chi connectivity index (χ2v) is 10.6. The topological polar surface area (TPSA) is 152 Å². The Bertz CT molecular complexity index is 1810. The molecule has 5 rings (SSSR count). The van der Waals surface area contributed by atoms with E-state index in [-0.39, 0.29) is 34.2 Å². The number of primary amides is 1. The average molecular weight is 601 g/mol. The van der Waals surface area contributed by atoms with Gasteiger partial charge in [0, 0.05) is 56.1 Å². The molecule has 0 aliphatic carbocycles. The van der Waals surface area contributed by atoms with Crippen LogP contribution in [0, 0.1) is 11.6 Å². The number of fused-ring (bicyclic) bond motifs is 1. The first-order valence-corrected chi connectivity index (χ1v) is 13.2. The molecule has 1 unspecified atom stereocenters. The van der Waals surface area contributed by atoms with Gasteiger partial charge in [0.15, 0.2) is 11.6 Å². The van der Waals surface area contributed by atoms with Crippen molar-refractivity contribution in [2.75, 3.05) is 36.9 Å². The van der Waals surface area contributed by atoms with Gasteiger partial charge in [0.25, 0.3) is 11.5 Å². The van der Waals surface area contributed by atoms with Crippen molar-refractivity contribution in [2.45, 2.75) is 19.5 Å². The van der Waals surface area contributed by atoms with E-state index >= 15 is 4.39 Å². The first-order valence-electron chi connectivity index (χ1n) is 12.8. The molecule has 3 aromatic heterocycles. The quantitative estimate of drug-likeness (QED) is 0.305. The number of halogens is 3. The number of nitrogens with two attached hydrogens (primary N) is 1. The summed E-state index contributed by atoms with van der Waals surface area (Å²) in [6, 6.07) is 2.70. The number of phenols is 1. The molecule has 1 aliphatic rings. The maximum Gasteiger partial charge on any atom is 0.263 e. The third-order valence-corrected chi connectivity index (χ3v) is 7.53. The molecule has 220 valence electrons. The number of carbonyl (C=O) groups excluding carboxylic acids is 2. The van der Waals surface area contributed by atoms with Crippen molar-refractivity contribution in [3.8, 4) is 16.9 Å². The van der Waals surface area contributed by atoms with E-state index in [1.54, 1.807) is 6.07 Å². The van der Waals surface area contributed by atoms with Crippen molar-refractivity contribution in [2.24, 2.45) is 12.8 Å². The molecule has 0 spiro atoms. The van der Waals surface area contributed by atoms with Gasteiger partial charge in [0.05, 0.1) is 34.2 Å². The van der Waals surface area contributed by atoms with Gasteiger partial charge in [0.2, 0.25) is 11.7 Å².